The van der Waals surface area contributed by atoms with E-state index in [1.165, 1.54) is 13.1 Å². The number of benzene rings is 1. The quantitative estimate of drug-likeness (QED) is 0.467. The SMILES string of the molecule is CCNC(=NCC(C)Oc1cccc(OC)c1)NCCN1CCN(CC)CC1. The van der Waals surface area contributed by atoms with Gasteiger partial charge in [0.25, 0.3) is 0 Å². The minimum absolute atomic E-state index is 0.0234. The monoisotopic (exact) mass is 391 g/mol. The molecule has 1 aromatic carbocycles. The van der Waals surface area contributed by atoms with Crippen LogP contribution in [-0.2, 0) is 0 Å². The zero-order valence-corrected chi connectivity index (χ0v) is 17.9. The number of likely N-dealkylation sites (N-methyl/N-ethyl adjacent to an activating group) is 1. The van der Waals surface area contributed by atoms with Gasteiger partial charge in [-0.3, -0.25) is 4.90 Å². The molecule has 28 heavy (non-hydrogen) atoms. The average Bonchev–Trinajstić information content (AvgIpc) is 2.72. The molecule has 1 heterocycles. The van der Waals surface area contributed by atoms with Gasteiger partial charge in [0.2, 0.25) is 0 Å². The topological polar surface area (TPSA) is 61.4 Å². The van der Waals surface area contributed by atoms with Crippen molar-refractivity contribution in [2.75, 3.05) is 66.0 Å². The van der Waals surface area contributed by atoms with Crippen LogP contribution in [0, 0.1) is 0 Å². The van der Waals surface area contributed by atoms with Crippen LogP contribution < -0.4 is 20.1 Å². The number of hydrogen-bond donors (Lipinski definition) is 2. The molecule has 0 saturated carbocycles. The molecule has 0 amide bonds. The summed E-state index contributed by atoms with van der Waals surface area (Å²) in [6.07, 6.45) is -0.0234. The van der Waals surface area contributed by atoms with Gasteiger partial charge < -0.3 is 25.0 Å². The third-order valence-electron chi connectivity index (χ3n) is 4.86. The maximum absolute atomic E-state index is 5.95. The van der Waals surface area contributed by atoms with E-state index in [0.717, 1.165) is 56.7 Å². The minimum atomic E-state index is -0.0234. The third kappa shape index (κ3) is 7.94. The van der Waals surface area contributed by atoms with Crippen molar-refractivity contribution in [1.29, 1.82) is 0 Å². The second kappa shape index (κ2) is 12.5. The summed E-state index contributed by atoms with van der Waals surface area (Å²) >= 11 is 0. The van der Waals surface area contributed by atoms with Gasteiger partial charge in [-0.25, -0.2) is 4.99 Å². The first-order valence-corrected chi connectivity index (χ1v) is 10.4. The number of nitrogens with zero attached hydrogens (tertiary/aromatic N) is 3. The molecule has 1 fully saturated rings. The lowest BCUT2D eigenvalue weighted by atomic mass is 10.3. The van der Waals surface area contributed by atoms with Crippen molar-refractivity contribution in [3.63, 3.8) is 0 Å². The van der Waals surface area contributed by atoms with Crippen LogP contribution >= 0.6 is 0 Å². The van der Waals surface area contributed by atoms with E-state index in [1.807, 2.05) is 31.2 Å². The number of methoxy groups -OCH3 is 1. The predicted molar refractivity (Wildman–Crippen MR) is 116 cm³/mol. The van der Waals surface area contributed by atoms with Crippen molar-refractivity contribution in [1.82, 2.24) is 20.4 Å². The Balaban J connectivity index is 1.74. The van der Waals surface area contributed by atoms with E-state index in [1.54, 1.807) is 7.11 Å². The van der Waals surface area contributed by atoms with Gasteiger partial charge in [-0.15, -0.1) is 0 Å². The van der Waals surface area contributed by atoms with Crippen LogP contribution in [0.4, 0.5) is 0 Å². The maximum atomic E-state index is 5.95. The molecule has 1 saturated heterocycles. The summed E-state index contributed by atoms with van der Waals surface area (Å²) in [6, 6.07) is 7.66. The number of guanidine groups is 1. The second-order valence-corrected chi connectivity index (χ2v) is 7.03. The molecule has 2 N–H and O–H groups in total. The Kier molecular flexibility index (Phi) is 9.93. The molecule has 1 aliphatic heterocycles. The molecular formula is C21H37N5O2. The van der Waals surface area contributed by atoms with Crippen molar-refractivity contribution in [3.05, 3.63) is 24.3 Å². The van der Waals surface area contributed by atoms with E-state index >= 15 is 0 Å². The molecule has 0 aliphatic carbocycles. The van der Waals surface area contributed by atoms with Crippen LogP contribution in [-0.4, -0.2) is 87.9 Å². The Morgan fingerprint density at radius 2 is 1.82 bits per heavy atom. The minimum Gasteiger partial charge on any atom is -0.497 e. The highest BCUT2D eigenvalue weighted by Crippen LogP contribution is 2.19. The lowest BCUT2D eigenvalue weighted by molar-refractivity contribution is 0.139. The van der Waals surface area contributed by atoms with E-state index < -0.39 is 0 Å². The van der Waals surface area contributed by atoms with Crippen molar-refractivity contribution in [3.8, 4) is 11.5 Å². The lowest BCUT2D eigenvalue weighted by Crippen LogP contribution is -2.49. The standard InChI is InChI=1S/C21H37N5O2/c1-5-22-21(23-10-11-26-14-12-25(6-2)13-15-26)24-17-18(3)28-20-9-7-8-19(16-20)27-4/h7-9,16,18H,5-6,10-15,17H2,1-4H3,(H2,22,23,24). The van der Waals surface area contributed by atoms with Gasteiger partial charge in [0.15, 0.2) is 5.96 Å². The second-order valence-electron chi connectivity index (χ2n) is 7.03. The largest absolute Gasteiger partial charge is 0.497 e. The van der Waals surface area contributed by atoms with Crippen LogP contribution in [0.5, 0.6) is 11.5 Å². The summed E-state index contributed by atoms with van der Waals surface area (Å²) in [6.45, 7) is 15.5. The van der Waals surface area contributed by atoms with Crippen molar-refractivity contribution in [2.24, 2.45) is 4.99 Å². The maximum Gasteiger partial charge on any atom is 0.191 e. The number of piperazine rings is 1. The van der Waals surface area contributed by atoms with Crippen LogP contribution in [0.1, 0.15) is 20.8 Å². The highest BCUT2D eigenvalue weighted by molar-refractivity contribution is 5.79. The predicted octanol–water partition coefficient (Wildman–Crippen LogP) is 1.66. The normalized spacial score (nSPS) is 17.2. The number of rotatable bonds is 10. The molecule has 0 aromatic heterocycles. The molecule has 1 aromatic rings. The number of hydrogen-bond acceptors (Lipinski definition) is 5. The molecule has 0 spiro atoms. The number of ether oxygens (including phenoxy) is 2. The van der Waals surface area contributed by atoms with Gasteiger partial charge in [-0.1, -0.05) is 13.0 Å². The third-order valence-corrected chi connectivity index (χ3v) is 4.86. The first-order chi connectivity index (χ1) is 13.6. The van der Waals surface area contributed by atoms with E-state index in [0.29, 0.717) is 6.54 Å². The van der Waals surface area contributed by atoms with Crippen molar-refractivity contribution >= 4 is 5.96 Å². The Bertz CT molecular complexity index is 588. The summed E-state index contributed by atoms with van der Waals surface area (Å²) in [7, 11) is 1.66. The zero-order valence-electron chi connectivity index (χ0n) is 17.9. The Morgan fingerprint density at radius 3 is 2.50 bits per heavy atom. The van der Waals surface area contributed by atoms with Gasteiger partial charge in [-0.2, -0.15) is 0 Å². The summed E-state index contributed by atoms with van der Waals surface area (Å²) in [4.78, 5) is 9.68. The van der Waals surface area contributed by atoms with Crippen molar-refractivity contribution < 1.29 is 9.47 Å². The Hall–Kier alpha value is -1.99. The molecule has 1 atom stereocenters. The van der Waals surface area contributed by atoms with E-state index in [-0.39, 0.29) is 6.10 Å². The highest BCUT2D eigenvalue weighted by atomic mass is 16.5. The van der Waals surface area contributed by atoms with Crippen LogP contribution in [0.15, 0.2) is 29.3 Å². The Labute approximate surface area is 170 Å². The molecule has 7 heteroatoms. The summed E-state index contributed by atoms with van der Waals surface area (Å²) in [5, 5.41) is 6.75. The average molecular weight is 392 g/mol. The summed E-state index contributed by atoms with van der Waals surface area (Å²) in [5.41, 5.74) is 0. The summed E-state index contributed by atoms with van der Waals surface area (Å²) in [5.74, 6) is 2.44. The van der Waals surface area contributed by atoms with Crippen LogP contribution in [0.2, 0.25) is 0 Å². The fourth-order valence-corrected chi connectivity index (χ4v) is 3.17. The first kappa shape index (κ1) is 22.3. The highest BCUT2D eigenvalue weighted by Gasteiger charge is 2.14. The molecule has 0 radical (unpaired) electrons. The van der Waals surface area contributed by atoms with Crippen LogP contribution in [0.25, 0.3) is 0 Å². The van der Waals surface area contributed by atoms with Gasteiger partial charge in [0, 0.05) is 51.9 Å². The molecule has 7 nitrogen and oxygen atoms in total. The van der Waals surface area contributed by atoms with Gasteiger partial charge in [0.05, 0.1) is 13.7 Å². The van der Waals surface area contributed by atoms with Gasteiger partial charge in [-0.05, 0) is 32.5 Å². The van der Waals surface area contributed by atoms with Gasteiger partial charge >= 0.3 is 0 Å². The Morgan fingerprint density at radius 1 is 1.11 bits per heavy atom. The summed E-state index contributed by atoms with van der Waals surface area (Å²) < 4.78 is 11.2. The van der Waals surface area contributed by atoms with Gasteiger partial charge in [0.1, 0.15) is 17.6 Å². The van der Waals surface area contributed by atoms with Crippen LogP contribution in [0.3, 0.4) is 0 Å². The first-order valence-electron chi connectivity index (χ1n) is 10.4. The molecular weight excluding hydrogens is 354 g/mol. The molecule has 158 valence electrons. The van der Waals surface area contributed by atoms with E-state index in [2.05, 4.69) is 39.3 Å². The lowest BCUT2D eigenvalue weighted by Gasteiger charge is -2.34. The molecule has 2 rings (SSSR count). The molecule has 1 unspecified atom stereocenters. The fraction of sp³-hybridized carbons (Fsp3) is 0.667. The van der Waals surface area contributed by atoms with E-state index in [4.69, 9.17) is 9.47 Å². The number of nitrogens with one attached hydrogen (secondary N) is 2. The fourth-order valence-electron chi connectivity index (χ4n) is 3.17. The smallest absolute Gasteiger partial charge is 0.191 e. The molecule has 0 bridgehead atoms. The number of aliphatic imine (C=N–C) groups is 1. The van der Waals surface area contributed by atoms with Crippen molar-refractivity contribution in [2.45, 2.75) is 26.9 Å². The molecule has 1 aliphatic rings. The zero-order chi connectivity index (χ0) is 20.2. The van der Waals surface area contributed by atoms with E-state index in [9.17, 15) is 0 Å².